The van der Waals surface area contributed by atoms with Gasteiger partial charge < -0.3 is 14.5 Å². The van der Waals surface area contributed by atoms with Gasteiger partial charge in [-0.15, -0.1) is 0 Å². The van der Waals surface area contributed by atoms with E-state index in [9.17, 15) is 14.4 Å². The van der Waals surface area contributed by atoms with E-state index in [4.69, 9.17) is 19.2 Å². The summed E-state index contributed by atoms with van der Waals surface area (Å²) in [5, 5.41) is 4.92. The van der Waals surface area contributed by atoms with Crippen molar-refractivity contribution in [2.45, 2.75) is 4.33 Å². The highest BCUT2D eigenvalue weighted by Crippen LogP contribution is 2.51. The first kappa shape index (κ1) is 24.4. The second-order valence-electron chi connectivity index (χ2n) is 5.79. The Morgan fingerprint density at radius 2 is 1.93 bits per heavy atom. The number of nitrogens with one attached hydrogen (secondary N) is 1. The van der Waals surface area contributed by atoms with Crippen LogP contribution in [-0.4, -0.2) is 93.9 Å². The molecule has 168 valence electrons. The molecule has 1 N–H and O–H groups in total. The molecule has 0 atom stereocenters. The average molecular weight is 483 g/mol. The third-order valence-electron chi connectivity index (χ3n) is 3.49. The Bertz CT molecular complexity index is 731. The van der Waals surface area contributed by atoms with E-state index in [1.165, 1.54) is 73.1 Å². The van der Waals surface area contributed by atoms with Gasteiger partial charge in [0.2, 0.25) is 4.33 Å². The molecule has 2 rings (SSSR count). The maximum Gasteiger partial charge on any atom is 0.450 e. The van der Waals surface area contributed by atoms with Gasteiger partial charge in [0.1, 0.15) is 0 Å². The number of amides is 3. The molecule has 0 aromatic carbocycles. The molecule has 0 aromatic heterocycles. The zero-order valence-electron chi connectivity index (χ0n) is 16.9. The highest BCUT2D eigenvalue weighted by atomic mass is 32.2. The van der Waals surface area contributed by atoms with E-state index in [-0.39, 0.29) is 23.3 Å². The Balaban J connectivity index is 2.34. The molecule has 16 heteroatoms. The Morgan fingerprint density at radius 1 is 1.30 bits per heavy atom. The van der Waals surface area contributed by atoms with Crippen molar-refractivity contribution in [3.63, 3.8) is 0 Å². The van der Waals surface area contributed by atoms with Gasteiger partial charge in [-0.3, -0.25) is 19.9 Å². The van der Waals surface area contributed by atoms with Gasteiger partial charge in [0.05, 0.1) is 36.8 Å². The molecule has 0 aromatic rings. The van der Waals surface area contributed by atoms with E-state index >= 15 is 0 Å². The fourth-order valence-electron chi connectivity index (χ4n) is 2.06. The largest absolute Gasteiger partial charge is 0.450 e. The Morgan fingerprint density at radius 3 is 2.50 bits per heavy atom. The van der Waals surface area contributed by atoms with Crippen LogP contribution in [0.2, 0.25) is 0 Å². The number of nitrogens with zero attached hydrogens (tertiary/aromatic N) is 5. The van der Waals surface area contributed by atoms with Crippen molar-refractivity contribution >= 4 is 59.5 Å². The summed E-state index contributed by atoms with van der Waals surface area (Å²) in [4.78, 5) is 53.8. The molecule has 3 amide bonds. The van der Waals surface area contributed by atoms with Crippen LogP contribution in [0.1, 0.15) is 0 Å². The minimum atomic E-state index is -1.19. The third-order valence-corrected chi connectivity index (χ3v) is 7.60. The van der Waals surface area contributed by atoms with Gasteiger partial charge in [0.15, 0.2) is 5.71 Å². The number of oxime groups is 1. The van der Waals surface area contributed by atoms with Crippen molar-refractivity contribution in [3.8, 4) is 0 Å². The maximum absolute atomic E-state index is 13.0. The van der Waals surface area contributed by atoms with Gasteiger partial charge in [-0.2, -0.15) is 4.31 Å². The van der Waals surface area contributed by atoms with Crippen molar-refractivity contribution in [2.24, 2.45) is 5.16 Å². The lowest BCUT2D eigenvalue weighted by molar-refractivity contribution is -0.122. The quantitative estimate of drug-likeness (QED) is 0.260. The van der Waals surface area contributed by atoms with Crippen LogP contribution in [0.25, 0.3) is 0 Å². The fraction of sp³-hybridized carbons (Fsp3) is 0.571. The zero-order chi connectivity index (χ0) is 22.5. The lowest BCUT2D eigenvalue weighted by atomic mass is 10.3. The summed E-state index contributed by atoms with van der Waals surface area (Å²) in [6, 6.07) is 0. The molecular weight excluding hydrogens is 460 g/mol. The second kappa shape index (κ2) is 10.5. The monoisotopic (exact) mass is 482 g/mol. The fourth-order valence-corrected chi connectivity index (χ4v) is 5.43. The molecule has 0 aliphatic carbocycles. The van der Waals surface area contributed by atoms with Crippen LogP contribution in [0.15, 0.2) is 17.4 Å². The molecule has 0 unspecified atom stereocenters. The summed E-state index contributed by atoms with van der Waals surface area (Å²) in [5.74, 6) is -0.0887. The van der Waals surface area contributed by atoms with Gasteiger partial charge >= 0.3 is 12.2 Å². The predicted octanol–water partition coefficient (Wildman–Crippen LogP) is 1.05. The van der Waals surface area contributed by atoms with Crippen LogP contribution in [0.5, 0.6) is 0 Å². The summed E-state index contributed by atoms with van der Waals surface area (Å²) < 4.78 is 6.42. The average Bonchev–Trinajstić information content (AvgIpc) is 2.79. The SMILES string of the molecule is C=C(NOC)C(=NOC(=O)N1SN(C)C(=O)ON(C)C12SCOCS2)C(=O)N(C)C. The highest BCUT2D eigenvalue weighted by molar-refractivity contribution is 8.19. The third kappa shape index (κ3) is 5.25. The molecule has 0 saturated carbocycles. The molecule has 1 spiro atoms. The number of hydrogen-bond donors (Lipinski definition) is 1. The number of thioether (sulfide) groups is 2. The zero-order valence-corrected chi connectivity index (χ0v) is 19.4. The summed E-state index contributed by atoms with van der Waals surface area (Å²) in [6.07, 6.45) is -1.64. The molecule has 2 aliphatic heterocycles. The number of ether oxygens (including phenoxy) is 1. The molecule has 2 heterocycles. The van der Waals surface area contributed by atoms with E-state index in [1.807, 2.05) is 0 Å². The van der Waals surface area contributed by atoms with E-state index in [0.717, 1.165) is 16.4 Å². The minimum absolute atomic E-state index is 0.00945. The second-order valence-corrected chi connectivity index (χ2v) is 9.31. The summed E-state index contributed by atoms with van der Waals surface area (Å²) in [6.45, 7) is 3.64. The lowest BCUT2D eigenvalue weighted by Gasteiger charge is -2.43. The van der Waals surface area contributed by atoms with Gasteiger partial charge in [-0.05, 0) is 0 Å². The van der Waals surface area contributed by atoms with Crippen molar-refractivity contribution in [3.05, 3.63) is 12.3 Å². The Hall–Kier alpha value is -1.85. The molecule has 2 fully saturated rings. The van der Waals surface area contributed by atoms with Gasteiger partial charge in [-0.25, -0.2) is 13.9 Å². The Kier molecular flexibility index (Phi) is 8.51. The summed E-state index contributed by atoms with van der Waals surface area (Å²) in [7, 11) is 7.28. The lowest BCUT2D eigenvalue weighted by Crippen LogP contribution is -2.54. The molecule has 0 radical (unpaired) electrons. The van der Waals surface area contributed by atoms with Crippen molar-refractivity contribution in [1.82, 2.24) is 24.1 Å². The highest BCUT2D eigenvalue weighted by Gasteiger charge is 2.54. The summed E-state index contributed by atoms with van der Waals surface area (Å²) >= 11 is 3.17. The first-order valence-corrected chi connectivity index (χ1v) is 10.9. The molecular formula is C14H22N6O7S3. The van der Waals surface area contributed by atoms with Crippen LogP contribution in [0, 0.1) is 0 Å². The van der Waals surface area contributed by atoms with E-state index in [2.05, 4.69) is 17.2 Å². The van der Waals surface area contributed by atoms with E-state index in [1.54, 1.807) is 0 Å². The van der Waals surface area contributed by atoms with Crippen LogP contribution >= 0.6 is 35.7 Å². The first-order chi connectivity index (χ1) is 14.1. The molecule has 13 nitrogen and oxygen atoms in total. The van der Waals surface area contributed by atoms with E-state index < -0.39 is 22.4 Å². The van der Waals surface area contributed by atoms with Gasteiger partial charge in [0, 0.05) is 28.2 Å². The van der Waals surface area contributed by atoms with Crippen molar-refractivity contribution in [1.29, 1.82) is 0 Å². The molecule has 30 heavy (non-hydrogen) atoms. The van der Waals surface area contributed by atoms with Crippen LogP contribution < -0.4 is 5.48 Å². The minimum Gasteiger partial charge on any atom is -0.360 e. The number of carbonyl (C=O) groups excluding carboxylic acids is 3. The smallest absolute Gasteiger partial charge is 0.360 e. The van der Waals surface area contributed by atoms with Gasteiger partial charge in [-0.1, -0.05) is 40.3 Å². The standard InChI is InChI=1S/C14H22N6O7S3/c1-9(15-24-6)10(11(21)17(2)3)16-26-13(23)20-14(28-7-25-8-29-14)19(5)27-12(22)18(4)30-20/h15H,1,7-8H2,2-6H3. The van der Waals surface area contributed by atoms with Gasteiger partial charge in [0.25, 0.3) is 5.91 Å². The van der Waals surface area contributed by atoms with Crippen LogP contribution in [-0.2, 0) is 24.0 Å². The Labute approximate surface area is 186 Å². The normalized spacial score (nSPS) is 19.8. The van der Waals surface area contributed by atoms with Crippen LogP contribution in [0.4, 0.5) is 9.59 Å². The van der Waals surface area contributed by atoms with E-state index in [0.29, 0.717) is 0 Å². The molecule has 2 aliphatic rings. The first-order valence-electron chi connectivity index (χ1n) is 8.16. The maximum atomic E-state index is 13.0. The molecule has 2 saturated heterocycles. The van der Waals surface area contributed by atoms with Crippen molar-refractivity contribution < 1.29 is 33.6 Å². The number of hydrogen-bond acceptors (Lipinski definition) is 13. The number of rotatable bonds is 5. The molecule has 0 bridgehead atoms. The number of hydroxylamine groups is 3. The summed E-state index contributed by atoms with van der Waals surface area (Å²) in [5.41, 5.74) is 2.10. The van der Waals surface area contributed by atoms with Crippen molar-refractivity contribution in [2.75, 3.05) is 47.2 Å². The topological polar surface area (TPSA) is 125 Å². The predicted molar refractivity (Wildman–Crippen MR) is 112 cm³/mol. The number of carbonyl (C=O) groups is 3. The van der Waals surface area contributed by atoms with Crippen LogP contribution in [0.3, 0.4) is 0 Å².